The van der Waals surface area contributed by atoms with Gasteiger partial charge in [-0.15, -0.1) is 0 Å². The summed E-state index contributed by atoms with van der Waals surface area (Å²) >= 11 is 5.55. The van der Waals surface area contributed by atoms with Crippen molar-refractivity contribution < 1.29 is 14.3 Å². The first kappa shape index (κ1) is 12.3. The predicted octanol–water partition coefficient (Wildman–Crippen LogP) is 2.23. The van der Waals surface area contributed by atoms with Crippen molar-refractivity contribution in [2.24, 2.45) is 0 Å². The van der Waals surface area contributed by atoms with Crippen molar-refractivity contribution in [2.75, 3.05) is 5.32 Å². The second kappa shape index (κ2) is 4.97. The van der Waals surface area contributed by atoms with Gasteiger partial charge in [-0.25, -0.2) is 14.4 Å². The smallest absolute Gasteiger partial charge is 0.260 e. The summed E-state index contributed by atoms with van der Waals surface area (Å²) in [7, 11) is 0. The fourth-order valence-corrected chi connectivity index (χ4v) is 1.43. The molecule has 2 rings (SSSR count). The fraction of sp³-hybridized carbons (Fsp3) is 0. The molecule has 1 heterocycles. The molecule has 0 radical (unpaired) electrons. The van der Waals surface area contributed by atoms with Crippen molar-refractivity contribution in [1.29, 1.82) is 0 Å². The normalized spacial score (nSPS) is 10.1. The molecule has 0 bridgehead atoms. The van der Waals surface area contributed by atoms with Gasteiger partial charge in [0.2, 0.25) is 5.28 Å². The Morgan fingerprint density at radius 2 is 2.17 bits per heavy atom. The SMILES string of the molecule is O=C(Nc1ccnc(Cl)n1)c1cc(F)ccc1O. The largest absolute Gasteiger partial charge is 0.507 e. The zero-order chi connectivity index (χ0) is 13.1. The second-order valence-corrected chi connectivity index (χ2v) is 3.66. The van der Waals surface area contributed by atoms with Crippen molar-refractivity contribution in [3.63, 3.8) is 0 Å². The molecule has 7 heteroatoms. The van der Waals surface area contributed by atoms with Gasteiger partial charge < -0.3 is 10.4 Å². The lowest BCUT2D eigenvalue weighted by atomic mass is 10.2. The summed E-state index contributed by atoms with van der Waals surface area (Å²) in [6, 6.07) is 4.48. The summed E-state index contributed by atoms with van der Waals surface area (Å²) in [4.78, 5) is 19.1. The molecule has 0 fully saturated rings. The number of carbonyl (C=O) groups excluding carboxylic acids is 1. The van der Waals surface area contributed by atoms with Crippen LogP contribution in [0.3, 0.4) is 0 Å². The van der Waals surface area contributed by atoms with E-state index in [0.29, 0.717) is 0 Å². The lowest BCUT2D eigenvalue weighted by Gasteiger charge is -2.06. The van der Waals surface area contributed by atoms with Crippen LogP contribution < -0.4 is 5.32 Å². The van der Waals surface area contributed by atoms with E-state index in [9.17, 15) is 14.3 Å². The number of nitrogens with one attached hydrogen (secondary N) is 1. The Morgan fingerprint density at radius 1 is 1.39 bits per heavy atom. The van der Waals surface area contributed by atoms with Crippen LogP contribution in [0, 0.1) is 5.82 Å². The summed E-state index contributed by atoms with van der Waals surface area (Å²) < 4.78 is 13.0. The molecule has 18 heavy (non-hydrogen) atoms. The van der Waals surface area contributed by atoms with Crippen molar-refractivity contribution in [1.82, 2.24) is 9.97 Å². The van der Waals surface area contributed by atoms with Crippen LogP contribution in [0.25, 0.3) is 0 Å². The van der Waals surface area contributed by atoms with Crippen LogP contribution in [0.2, 0.25) is 5.28 Å². The van der Waals surface area contributed by atoms with Gasteiger partial charge in [0, 0.05) is 6.20 Å². The molecule has 0 aliphatic rings. The van der Waals surface area contributed by atoms with E-state index in [-0.39, 0.29) is 22.4 Å². The Hall–Kier alpha value is -2.21. The van der Waals surface area contributed by atoms with Crippen LogP contribution in [0.5, 0.6) is 5.75 Å². The highest BCUT2D eigenvalue weighted by molar-refractivity contribution is 6.28. The summed E-state index contributed by atoms with van der Waals surface area (Å²) in [6.07, 6.45) is 1.36. The number of hydrogen-bond donors (Lipinski definition) is 2. The second-order valence-electron chi connectivity index (χ2n) is 3.33. The first-order valence-electron chi connectivity index (χ1n) is 4.84. The number of rotatable bonds is 2. The number of nitrogens with zero attached hydrogens (tertiary/aromatic N) is 2. The van der Waals surface area contributed by atoms with Crippen molar-refractivity contribution in [2.45, 2.75) is 0 Å². The van der Waals surface area contributed by atoms with Crippen LogP contribution >= 0.6 is 11.6 Å². The van der Waals surface area contributed by atoms with E-state index >= 15 is 0 Å². The van der Waals surface area contributed by atoms with Crippen LogP contribution in [0.1, 0.15) is 10.4 Å². The third-order valence-electron chi connectivity index (χ3n) is 2.07. The molecular weight excluding hydrogens is 261 g/mol. The summed E-state index contributed by atoms with van der Waals surface area (Å²) in [5.74, 6) is -1.49. The Labute approximate surface area is 106 Å². The summed E-state index contributed by atoms with van der Waals surface area (Å²) in [5, 5.41) is 11.8. The van der Waals surface area contributed by atoms with Crippen LogP contribution in [0.15, 0.2) is 30.5 Å². The van der Waals surface area contributed by atoms with Crippen molar-refractivity contribution in [3.8, 4) is 5.75 Å². The molecule has 0 saturated carbocycles. The third-order valence-corrected chi connectivity index (χ3v) is 2.25. The molecular formula is C11H7ClFN3O2. The molecule has 0 unspecified atom stereocenters. The minimum Gasteiger partial charge on any atom is -0.507 e. The molecule has 2 aromatic rings. The molecule has 92 valence electrons. The van der Waals surface area contributed by atoms with Gasteiger partial charge in [0.15, 0.2) is 0 Å². The number of aromatic nitrogens is 2. The van der Waals surface area contributed by atoms with Gasteiger partial charge in [0.05, 0.1) is 5.56 Å². The molecule has 0 atom stereocenters. The number of carbonyl (C=O) groups is 1. The van der Waals surface area contributed by atoms with E-state index < -0.39 is 11.7 Å². The highest BCUT2D eigenvalue weighted by Crippen LogP contribution is 2.19. The third kappa shape index (κ3) is 2.72. The Kier molecular flexibility index (Phi) is 3.38. The Morgan fingerprint density at radius 3 is 2.89 bits per heavy atom. The van der Waals surface area contributed by atoms with E-state index in [1.165, 1.54) is 12.3 Å². The van der Waals surface area contributed by atoms with Crippen LogP contribution in [-0.2, 0) is 0 Å². The van der Waals surface area contributed by atoms with Crippen LogP contribution in [-0.4, -0.2) is 21.0 Å². The molecule has 1 aromatic carbocycles. The summed E-state index contributed by atoms with van der Waals surface area (Å²) in [6.45, 7) is 0. The number of phenols is 1. The van der Waals surface area contributed by atoms with Gasteiger partial charge in [-0.05, 0) is 35.9 Å². The maximum absolute atomic E-state index is 13.0. The van der Waals surface area contributed by atoms with E-state index in [4.69, 9.17) is 11.6 Å². The number of halogens is 2. The number of benzene rings is 1. The standard InChI is InChI=1S/C11H7ClFN3O2/c12-11-14-4-3-9(16-11)15-10(18)7-5-6(13)1-2-8(7)17/h1-5,17H,(H,14,15,16,18). The topological polar surface area (TPSA) is 75.1 Å². The van der Waals surface area contributed by atoms with E-state index in [0.717, 1.165) is 18.2 Å². The van der Waals surface area contributed by atoms with Crippen molar-refractivity contribution in [3.05, 3.63) is 47.1 Å². The van der Waals surface area contributed by atoms with Gasteiger partial charge in [-0.1, -0.05) is 0 Å². The molecule has 0 aliphatic carbocycles. The molecule has 5 nitrogen and oxygen atoms in total. The maximum Gasteiger partial charge on any atom is 0.260 e. The molecule has 0 aliphatic heterocycles. The quantitative estimate of drug-likeness (QED) is 0.818. The minimum absolute atomic E-state index is 0.0312. The van der Waals surface area contributed by atoms with Gasteiger partial charge in [0.25, 0.3) is 5.91 Å². The highest BCUT2D eigenvalue weighted by Gasteiger charge is 2.13. The molecule has 1 amide bonds. The Balaban J connectivity index is 2.24. The molecule has 1 aromatic heterocycles. The lowest BCUT2D eigenvalue weighted by Crippen LogP contribution is -2.13. The fourth-order valence-electron chi connectivity index (χ4n) is 1.28. The summed E-state index contributed by atoms with van der Waals surface area (Å²) in [5.41, 5.74) is -0.190. The lowest BCUT2D eigenvalue weighted by molar-refractivity contribution is 0.102. The zero-order valence-electron chi connectivity index (χ0n) is 8.89. The zero-order valence-corrected chi connectivity index (χ0v) is 9.65. The van der Waals surface area contributed by atoms with Crippen molar-refractivity contribution >= 4 is 23.3 Å². The van der Waals surface area contributed by atoms with E-state index in [2.05, 4.69) is 15.3 Å². The van der Waals surface area contributed by atoms with Gasteiger partial charge in [-0.2, -0.15) is 0 Å². The first-order valence-corrected chi connectivity index (χ1v) is 5.22. The maximum atomic E-state index is 13.0. The molecule has 0 saturated heterocycles. The number of hydrogen-bond acceptors (Lipinski definition) is 4. The van der Waals surface area contributed by atoms with Gasteiger partial charge >= 0.3 is 0 Å². The number of anilines is 1. The Bertz CT molecular complexity index is 607. The van der Waals surface area contributed by atoms with Gasteiger partial charge in [0.1, 0.15) is 17.4 Å². The average molecular weight is 268 g/mol. The minimum atomic E-state index is -0.693. The number of amides is 1. The molecule has 0 spiro atoms. The van der Waals surface area contributed by atoms with E-state index in [1.807, 2.05) is 0 Å². The predicted molar refractivity (Wildman–Crippen MR) is 63.1 cm³/mol. The van der Waals surface area contributed by atoms with Crippen LogP contribution in [0.4, 0.5) is 10.2 Å². The first-order chi connectivity index (χ1) is 8.56. The monoisotopic (exact) mass is 267 g/mol. The average Bonchev–Trinajstić information content (AvgIpc) is 2.32. The molecule has 2 N–H and O–H groups in total. The van der Waals surface area contributed by atoms with E-state index in [1.54, 1.807) is 0 Å². The highest BCUT2D eigenvalue weighted by atomic mass is 35.5. The number of aromatic hydroxyl groups is 1. The number of phenolic OH excluding ortho intramolecular Hbond substituents is 1. The van der Waals surface area contributed by atoms with Gasteiger partial charge in [-0.3, -0.25) is 4.79 Å².